The maximum atomic E-state index is 8.58. The van der Waals surface area contributed by atoms with Crippen molar-refractivity contribution in [2.75, 3.05) is 20.2 Å². The van der Waals surface area contributed by atoms with Crippen LogP contribution in [0.25, 0.3) is 0 Å². The lowest BCUT2D eigenvalue weighted by molar-refractivity contribution is 0.281. The smallest absolute Gasteiger partial charge is 0.123 e. The molecule has 3 nitrogen and oxygen atoms in total. The Bertz CT molecular complexity index is 357. The lowest BCUT2D eigenvalue weighted by Gasteiger charge is -2.20. The Morgan fingerprint density at radius 3 is 2.75 bits per heavy atom. The second kappa shape index (κ2) is 6.86. The highest BCUT2D eigenvalue weighted by Gasteiger charge is 2.07. The third kappa shape index (κ3) is 3.56. The van der Waals surface area contributed by atoms with Gasteiger partial charge < -0.3 is 4.74 Å². The average molecular weight is 218 g/mol. The van der Waals surface area contributed by atoms with Crippen LogP contribution in [0.2, 0.25) is 0 Å². The van der Waals surface area contributed by atoms with Crippen LogP contribution in [0.15, 0.2) is 24.3 Å². The molecule has 0 unspecified atom stereocenters. The van der Waals surface area contributed by atoms with Crippen LogP contribution in [0.4, 0.5) is 0 Å². The number of hydrogen-bond acceptors (Lipinski definition) is 3. The first-order valence-electron chi connectivity index (χ1n) is 5.53. The molecule has 0 bridgehead atoms. The van der Waals surface area contributed by atoms with E-state index in [1.807, 2.05) is 18.2 Å². The summed E-state index contributed by atoms with van der Waals surface area (Å²) >= 11 is 0. The Morgan fingerprint density at radius 2 is 2.12 bits per heavy atom. The van der Waals surface area contributed by atoms with Crippen molar-refractivity contribution < 1.29 is 4.74 Å². The van der Waals surface area contributed by atoms with E-state index < -0.39 is 0 Å². The van der Waals surface area contributed by atoms with Gasteiger partial charge in [-0.3, -0.25) is 4.90 Å². The van der Waals surface area contributed by atoms with Crippen molar-refractivity contribution in [3.05, 3.63) is 29.8 Å². The van der Waals surface area contributed by atoms with Crippen LogP contribution in [0.5, 0.6) is 5.75 Å². The fourth-order valence-corrected chi connectivity index (χ4v) is 1.63. The molecular formula is C13H18N2O. The van der Waals surface area contributed by atoms with Crippen LogP contribution in [0.1, 0.15) is 18.9 Å². The minimum atomic E-state index is 0.572. The fourth-order valence-electron chi connectivity index (χ4n) is 1.63. The van der Waals surface area contributed by atoms with E-state index in [9.17, 15) is 0 Å². The normalized spacial score (nSPS) is 10.1. The van der Waals surface area contributed by atoms with Gasteiger partial charge in [-0.15, -0.1) is 0 Å². The number of para-hydroxylation sites is 1. The summed E-state index contributed by atoms with van der Waals surface area (Å²) in [5, 5.41) is 8.58. The second-order valence-electron chi connectivity index (χ2n) is 3.59. The van der Waals surface area contributed by atoms with Crippen LogP contribution in [-0.2, 0) is 6.54 Å². The zero-order valence-electron chi connectivity index (χ0n) is 9.94. The van der Waals surface area contributed by atoms with Crippen LogP contribution in [0, 0.1) is 11.3 Å². The quantitative estimate of drug-likeness (QED) is 0.735. The molecule has 0 N–H and O–H groups in total. The summed E-state index contributed by atoms with van der Waals surface area (Å²) in [5.74, 6) is 0.915. The summed E-state index contributed by atoms with van der Waals surface area (Å²) < 4.78 is 5.30. The van der Waals surface area contributed by atoms with Crippen molar-refractivity contribution in [3.8, 4) is 11.8 Å². The van der Waals surface area contributed by atoms with E-state index in [1.165, 1.54) is 5.56 Å². The molecule has 0 aliphatic heterocycles. The summed E-state index contributed by atoms with van der Waals surface area (Å²) in [6.45, 7) is 4.69. The molecule has 0 amide bonds. The van der Waals surface area contributed by atoms with Gasteiger partial charge >= 0.3 is 0 Å². The van der Waals surface area contributed by atoms with Gasteiger partial charge in [0.15, 0.2) is 0 Å². The highest BCUT2D eigenvalue weighted by Crippen LogP contribution is 2.19. The highest BCUT2D eigenvalue weighted by molar-refractivity contribution is 5.33. The standard InChI is InChI=1S/C13H18N2O/c1-3-15(10-6-9-14)11-12-7-4-5-8-13(12)16-2/h4-5,7-8H,3,6,10-11H2,1-2H3. The maximum absolute atomic E-state index is 8.58. The molecule has 0 aliphatic carbocycles. The van der Waals surface area contributed by atoms with Crippen molar-refractivity contribution in [1.29, 1.82) is 5.26 Å². The van der Waals surface area contributed by atoms with Gasteiger partial charge in [-0.2, -0.15) is 5.26 Å². The Labute approximate surface area is 97.3 Å². The van der Waals surface area contributed by atoms with Gasteiger partial charge in [-0.25, -0.2) is 0 Å². The van der Waals surface area contributed by atoms with Crippen molar-refractivity contribution in [2.24, 2.45) is 0 Å². The lowest BCUT2D eigenvalue weighted by atomic mass is 10.2. The van der Waals surface area contributed by atoms with Crippen LogP contribution < -0.4 is 4.74 Å². The second-order valence-corrected chi connectivity index (χ2v) is 3.59. The summed E-state index contributed by atoms with van der Waals surface area (Å²) in [6.07, 6.45) is 0.572. The van der Waals surface area contributed by atoms with E-state index in [0.717, 1.165) is 25.4 Å². The predicted octanol–water partition coefficient (Wildman–Crippen LogP) is 2.43. The van der Waals surface area contributed by atoms with Gasteiger partial charge in [0.05, 0.1) is 13.2 Å². The number of nitrogens with zero attached hydrogens (tertiary/aromatic N) is 2. The predicted molar refractivity (Wildman–Crippen MR) is 64.2 cm³/mol. The molecule has 1 rings (SSSR count). The molecule has 0 heterocycles. The molecule has 1 aromatic carbocycles. The summed E-state index contributed by atoms with van der Waals surface area (Å²) in [6, 6.07) is 10.2. The number of rotatable bonds is 6. The molecule has 0 saturated heterocycles. The number of nitriles is 1. The van der Waals surface area contributed by atoms with E-state index in [1.54, 1.807) is 7.11 Å². The molecule has 0 spiro atoms. The molecule has 0 atom stereocenters. The summed E-state index contributed by atoms with van der Waals surface area (Å²) in [7, 11) is 1.68. The van der Waals surface area contributed by atoms with Crippen LogP contribution in [-0.4, -0.2) is 25.1 Å². The largest absolute Gasteiger partial charge is 0.496 e. The molecule has 3 heteroatoms. The molecule has 0 saturated carbocycles. The minimum Gasteiger partial charge on any atom is -0.496 e. The topological polar surface area (TPSA) is 36.3 Å². The van der Waals surface area contributed by atoms with E-state index in [-0.39, 0.29) is 0 Å². The number of hydrogen-bond donors (Lipinski definition) is 0. The Kier molecular flexibility index (Phi) is 5.38. The maximum Gasteiger partial charge on any atom is 0.123 e. The van der Waals surface area contributed by atoms with Gasteiger partial charge in [0.2, 0.25) is 0 Å². The first kappa shape index (κ1) is 12.5. The van der Waals surface area contributed by atoms with Crippen LogP contribution in [0.3, 0.4) is 0 Å². The van der Waals surface area contributed by atoms with Crippen molar-refractivity contribution in [2.45, 2.75) is 19.9 Å². The molecule has 0 radical (unpaired) electrons. The molecule has 86 valence electrons. The monoisotopic (exact) mass is 218 g/mol. The average Bonchev–Trinajstić information content (AvgIpc) is 2.34. The molecule has 16 heavy (non-hydrogen) atoms. The number of methoxy groups -OCH3 is 1. The zero-order chi connectivity index (χ0) is 11.8. The van der Waals surface area contributed by atoms with Gasteiger partial charge in [-0.05, 0) is 12.6 Å². The SMILES string of the molecule is CCN(CCC#N)Cc1ccccc1OC. The van der Waals surface area contributed by atoms with Crippen LogP contribution >= 0.6 is 0 Å². The lowest BCUT2D eigenvalue weighted by Crippen LogP contribution is -2.24. The summed E-state index contributed by atoms with van der Waals surface area (Å²) in [5.41, 5.74) is 1.17. The first-order valence-corrected chi connectivity index (χ1v) is 5.53. The van der Waals surface area contributed by atoms with Gasteiger partial charge in [-0.1, -0.05) is 25.1 Å². The molecule has 0 fully saturated rings. The Hall–Kier alpha value is -1.53. The van der Waals surface area contributed by atoms with Gasteiger partial charge in [0.25, 0.3) is 0 Å². The fraction of sp³-hybridized carbons (Fsp3) is 0.462. The summed E-state index contributed by atoms with van der Waals surface area (Å²) in [4.78, 5) is 2.24. The molecule has 0 aromatic heterocycles. The molecule has 1 aromatic rings. The first-order chi connectivity index (χ1) is 7.81. The highest BCUT2D eigenvalue weighted by atomic mass is 16.5. The van der Waals surface area contributed by atoms with Gasteiger partial charge in [0, 0.05) is 25.1 Å². The third-order valence-electron chi connectivity index (χ3n) is 2.57. The third-order valence-corrected chi connectivity index (χ3v) is 2.57. The van der Waals surface area contributed by atoms with E-state index in [4.69, 9.17) is 10.00 Å². The van der Waals surface area contributed by atoms with Crippen molar-refractivity contribution in [1.82, 2.24) is 4.90 Å². The Morgan fingerprint density at radius 1 is 1.38 bits per heavy atom. The van der Waals surface area contributed by atoms with E-state index in [2.05, 4.69) is 24.0 Å². The van der Waals surface area contributed by atoms with E-state index >= 15 is 0 Å². The zero-order valence-corrected chi connectivity index (χ0v) is 9.94. The number of benzene rings is 1. The van der Waals surface area contributed by atoms with E-state index in [0.29, 0.717) is 6.42 Å². The van der Waals surface area contributed by atoms with Crippen molar-refractivity contribution >= 4 is 0 Å². The van der Waals surface area contributed by atoms with Gasteiger partial charge in [0.1, 0.15) is 5.75 Å². The Balaban J connectivity index is 2.66. The molecular weight excluding hydrogens is 200 g/mol. The number of ether oxygens (including phenoxy) is 1. The van der Waals surface area contributed by atoms with Crippen molar-refractivity contribution in [3.63, 3.8) is 0 Å². The minimum absolute atomic E-state index is 0.572. The molecule has 0 aliphatic rings.